The number of aromatic amines is 1. The number of benzene rings is 1. The Morgan fingerprint density at radius 1 is 1.14 bits per heavy atom. The van der Waals surface area contributed by atoms with E-state index in [0.717, 1.165) is 25.0 Å². The first-order chi connectivity index (χ1) is 14.2. The van der Waals surface area contributed by atoms with Gasteiger partial charge in [0.1, 0.15) is 0 Å². The topological polar surface area (TPSA) is 55.5 Å². The predicted octanol–water partition coefficient (Wildman–Crippen LogP) is 3.98. The minimum Gasteiger partial charge on any atom is -0.361 e. The van der Waals surface area contributed by atoms with Crippen molar-refractivity contribution >= 4 is 16.9 Å². The van der Waals surface area contributed by atoms with Crippen molar-refractivity contribution in [3.63, 3.8) is 0 Å². The highest BCUT2D eigenvalue weighted by atomic mass is 15.2. The first kappa shape index (κ1) is 20.3. The van der Waals surface area contributed by atoms with Gasteiger partial charge in [0.2, 0.25) is 0 Å². The molecular formula is C24H37N5. The highest BCUT2D eigenvalue weighted by Crippen LogP contribution is 2.25. The number of hydrogen-bond donors (Lipinski definition) is 3. The van der Waals surface area contributed by atoms with E-state index in [0.29, 0.717) is 6.04 Å². The first-order valence-electron chi connectivity index (χ1n) is 11.5. The molecule has 5 heteroatoms. The van der Waals surface area contributed by atoms with Crippen molar-refractivity contribution in [1.82, 2.24) is 20.5 Å². The molecule has 0 unspecified atom stereocenters. The Morgan fingerprint density at radius 3 is 2.69 bits per heavy atom. The maximum Gasteiger partial charge on any atom is 0.191 e. The van der Waals surface area contributed by atoms with Crippen molar-refractivity contribution in [2.75, 3.05) is 26.7 Å². The van der Waals surface area contributed by atoms with Gasteiger partial charge in [-0.2, -0.15) is 0 Å². The molecule has 1 saturated carbocycles. The van der Waals surface area contributed by atoms with Crippen molar-refractivity contribution in [3.8, 4) is 0 Å². The van der Waals surface area contributed by atoms with E-state index in [1.54, 1.807) is 0 Å². The Kier molecular flexibility index (Phi) is 6.75. The Hall–Kier alpha value is -2.01. The van der Waals surface area contributed by atoms with Crippen LogP contribution in [-0.2, 0) is 6.42 Å². The van der Waals surface area contributed by atoms with Crippen LogP contribution in [0.25, 0.3) is 10.9 Å². The molecule has 2 fully saturated rings. The summed E-state index contributed by atoms with van der Waals surface area (Å²) in [6, 6.07) is 7.90. The van der Waals surface area contributed by atoms with Crippen LogP contribution in [0.2, 0.25) is 0 Å². The summed E-state index contributed by atoms with van der Waals surface area (Å²) < 4.78 is 0. The number of aromatic nitrogens is 1. The summed E-state index contributed by atoms with van der Waals surface area (Å²) in [5.41, 5.74) is 3.93. The molecule has 2 heterocycles. The van der Waals surface area contributed by atoms with Crippen molar-refractivity contribution in [2.45, 2.75) is 70.4 Å². The van der Waals surface area contributed by atoms with Crippen LogP contribution in [0.3, 0.4) is 0 Å². The number of aryl methyl sites for hydroxylation is 1. The number of fused-ring (bicyclic) bond motifs is 1. The van der Waals surface area contributed by atoms with E-state index in [1.807, 2.05) is 7.05 Å². The van der Waals surface area contributed by atoms with E-state index in [1.165, 1.54) is 80.1 Å². The van der Waals surface area contributed by atoms with Gasteiger partial charge in [-0.25, -0.2) is 0 Å². The number of para-hydroxylation sites is 1. The summed E-state index contributed by atoms with van der Waals surface area (Å²) in [4.78, 5) is 10.6. The van der Waals surface area contributed by atoms with Crippen molar-refractivity contribution in [3.05, 3.63) is 35.5 Å². The van der Waals surface area contributed by atoms with Gasteiger partial charge >= 0.3 is 0 Å². The van der Waals surface area contributed by atoms with E-state index in [2.05, 4.69) is 56.8 Å². The molecular weight excluding hydrogens is 358 g/mol. The SMILES string of the molecule is CN=C(NCCc1c[nH]c2c(C)cccc12)NC1CCN(C2CCCCC2)CC1. The maximum absolute atomic E-state index is 4.46. The summed E-state index contributed by atoms with van der Waals surface area (Å²) in [6.07, 6.45) is 12.7. The summed E-state index contributed by atoms with van der Waals surface area (Å²) in [7, 11) is 1.88. The smallest absolute Gasteiger partial charge is 0.191 e. The molecule has 29 heavy (non-hydrogen) atoms. The molecule has 2 aromatic rings. The number of rotatable bonds is 5. The second-order valence-corrected chi connectivity index (χ2v) is 8.81. The molecule has 158 valence electrons. The highest BCUT2D eigenvalue weighted by molar-refractivity contribution is 5.86. The van der Waals surface area contributed by atoms with E-state index in [9.17, 15) is 0 Å². The molecule has 0 atom stereocenters. The normalized spacial score (nSPS) is 20.3. The number of nitrogens with one attached hydrogen (secondary N) is 3. The van der Waals surface area contributed by atoms with Crippen molar-refractivity contribution in [1.29, 1.82) is 0 Å². The highest BCUT2D eigenvalue weighted by Gasteiger charge is 2.26. The van der Waals surface area contributed by atoms with Crippen LogP contribution in [0.5, 0.6) is 0 Å². The van der Waals surface area contributed by atoms with Crippen LogP contribution in [0.4, 0.5) is 0 Å². The lowest BCUT2D eigenvalue weighted by molar-refractivity contribution is 0.119. The van der Waals surface area contributed by atoms with E-state index >= 15 is 0 Å². The van der Waals surface area contributed by atoms with Crippen molar-refractivity contribution < 1.29 is 0 Å². The molecule has 1 saturated heterocycles. The zero-order chi connectivity index (χ0) is 20.1. The summed E-state index contributed by atoms with van der Waals surface area (Å²) >= 11 is 0. The third-order valence-electron chi connectivity index (χ3n) is 6.88. The van der Waals surface area contributed by atoms with Crippen LogP contribution in [0.15, 0.2) is 29.4 Å². The minimum atomic E-state index is 0.539. The van der Waals surface area contributed by atoms with Gasteiger partial charge in [0, 0.05) is 55.9 Å². The fourth-order valence-electron chi connectivity index (χ4n) is 5.13. The van der Waals surface area contributed by atoms with Gasteiger partial charge in [-0.05, 0) is 50.2 Å². The molecule has 5 nitrogen and oxygen atoms in total. The van der Waals surface area contributed by atoms with Gasteiger partial charge in [-0.1, -0.05) is 37.5 Å². The number of piperidine rings is 1. The second-order valence-electron chi connectivity index (χ2n) is 8.81. The molecule has 0 amide bonds. The quantitative estimate of drug-likeness (QED) is 0.530. The van der Waals surface area contributed by atoms with Crippen LogP contribution < -0.4 is 10.6 Å². The lowest BCUT2D eigenvalue weighted by Gasteiger charge is -2.39. The van der Waals surface area contributed by atoms with E-state index < -0.39 is 0 Å². The average Bonchev–Trinajstić information content (AvgIpc) is 3.18. The number of likely N-dealkylation sites (tertiary alicyclic amines) is 1. The van der Waals surface area contributed by atoms with Crippen LogP contribution >= 0.6 is 0 Å². The van der Waals surface area contributed by atoms with Gasteiger partial charge in [-0.15, -0.1) is 0 Å². The van der Waals surface area contributed by atoms with E-state index in [4.69, 9.17) is 0 Å². The lowest BCUT2D eigenvalue weighted by Crippen LogP contribution is -2.51. The summed E-state index contributed by atoms with van der Waals surface area (Å²) in [5.74, 6) is 0.942. The molecule has 1 aliphatic carbocycles. The van der Waals surface area contributed by atoms with Crippen LogP contribution in [0.1, 0.15) is 56.1 Å². The first-order valence-corrected chi connectivity index (χ1v) is 11.5. The monoisotopic (exact) mass is 395 g/mol. The number of H-pyrrole nitrogens is 1. The Morgan fingerprint density at radius 2 is 1.93 bits per heavy atom. The number of nitrogens with zero attached hydrogens (tertiary/aromatic N) is 2. The van der Waals surface area contributed by atoms with Crippen LogP contribution in [0, 0.1) is 6.92 Å². The van der Waals surface area contributed by atoms with Gasteiger partial charge in [0.25, 0.3) is 0 Å². The molecule has 1 aromatic heterocycles. The van der Waals surface area contributed by atoms with Crippen LogP contribution in [-0.4, -0.2) is 54.6 Å². The molecule has 2 aliphatic rings. The Labute approximate surface area is 175 Å². The zero-order valence-corrected chi connectivity index (χ0v) is 18.1. The molecule has 0 spiro atoms. The third-order valence-corrected chi connectivity index (χ3v) is 6.88. The lowest BCUT2D eigenvalue weighted by atomic mass is 9.92. The Bertz CT molecular complexity index is 810. The molecule has 0 radical (unpaired) electrons. The predicted molar refractivity (Wildman–Crippen MR) is 123 cm³/mol. The van der Waals surface area contributed by atoms with Gasteiger partial charge < -0.3 is 20.5 Å². The zero-order valence-electron chi connectivity index (χ0n) is 18.1. The van der Waals surface area contributed by atoms with Gasteiger partial charge in [-0.3, -0.25) is 4.99 Å². The molecule has 3 N–H and O–H groups in total. The minimum absolute atomic E-state index is 0.539. The molecule has 1 aromatic carbocycles. The molecule has 1 aliphatic heterocycles. The number of aliphatic imine (C=N–C) groups is 1. The number of hydrogen-bond acceptors (Lipinski definition) is 2. The fraction of sp³-hybridized carbons (Fsp3) is 0.625. The molecule has 4 rings (SSSR count). The average molecular weight is 396 g/mol. The van der Waals surface area contributed by atoms with Gasteiger partial charge in [0.05, 0.1) is 0 Å². The van der Waals surface area contributed by atoms with Gasteiger partial charge in [0.15, 0.2) is 5.96 Å². The molecule has 0 bridgehead atoms. The standard InChI is InChI=1S/C24H37N5/c1-18-7-6-10-22-19(17-27-23(18)22)11-14-26-24(25-2)28-20-12-15-29(16-13-20)21-8-4-3-5-9-21/h6-7,10,17,20-21,27H,3-5,8-9,11-16H2,1-2H3,(H2,25,26,28). The summed E-state index contributed by atoms with van der Waals surface area (Å²) in [6.45, 7) is 5.51. The largest absolute Gasteiger partial charge is 0.361 e. The van der Waals surface area contributed by atoms with E-state index in [-0.39, 0.29) is 0 Å². The second kappa shape index (κ2) is 9.66. The Balaban J connectivity index is 1.22. The number of guanidine groups is 1. The van der Waals surface area contributed by atoms with Crippen molar-refractivity contribution in [2.24, 2.45) is 4.99 Å². The fourth-order valence-corrected chi connectivity index (χ4v) is 5.13. The summed E-state index contributed by atoms with van der Waals surface area (Å²) in [5, 5.41) is 8.52. The maximum atomic E-state index is 4.46. The third kappa shape index (κ3) is 4.95.